The normalized spacial score (nSPS) is 12.6. The molecule has 0 aliphatic rings. The summed E-state index contributed by atoms with van der Waals surface area (Å²) in [4.78, 5) is 0. The maximum atomic E-state index is 6.16. The van der Waals surface area contributed by atoms with E-state index in [1.807, 2.05) is 7.05 Å². The number of nitrogens with zero attached hydrogens (tertiary/aromatic N) is 1. The molecule has 0 aliphatic heterocycles. The molecule has 20 heavy (non-hydrogen) atoms. The molecule has 0 spiro atoms. The van der Waals surface area contributed by atoms with Crippen molar-refractivity contribution in [2.24, 2.45) is 0 Å². The molecule has 0 fully saturated rings. The van der Waals surface area contributed by atoms with Gasteiger partial charge in [0.25, 0.3) is 0 Å². The van der Waals surface area contributed by atoms with Crippen LogP contribution in [0.1, 0.15) is 47.1 Å². The molecule has 0 bridgehead atoms. The van der Waals surface area contributed by atoms with Crippen molar-refractivity contribution in [1.29, 1.82) is 0 Å². The molecule has 0 saturated carbocycles. The second kappa shape index (κ2) is 6.40. The van der Waals surface area contributed by atoms with Crippen LogP contribution < -0.4 is 5.32 Å². The van der Waals surface area contributed by atoms with Gasteiger partial charge in [0.05, 0.1) is 0 Å². The topological polar surface area (TPSA) is 17.0 Å². The van der Waals surface area contributed by atoms with Crippen molar-refractivity contribution in [2.45, 2.75) is 58.2 Å². The van der Waals surface area contributed by atoms with Crippen LogP contribution in [-0.2, 0) is 0 Å². The Kier molecular flexibility index (Phi) is 5.56. The number of nitrogens with one attached hydrogen (secondary N) is 1. The number of hydrogen-bond acceptors (Lipinski definition) is 1. The zero-order valence-corrected chi connectivity index (χ0v) is 15.7. The molecule has 114 valence electrons. The summed E-state index contributed by atoms with van der Waals surface area (Å²) in [7, 11) is 0.228. The summed E-state index contributed by atoms with van der Waals surface area (Å²) in [6.45, 7) is 18.1. The highest BCUT2D eigenvalue weighted by Gasteiger charge is 2.46. The molecule has 1 aromatic rings. The van der Waals surface area contributed by atoms with Gasteiger partial charge in [-0.2, -0.15) is 0 Å². The van der Waals surface area contributed by atoms with Crippen LogP contribution in [-0.4, -0.2) is 19.5 Å². The minimum atomic E-state index is -1.74. The van der Waals surface area contributed by atoms with E-state index in [1.54, 1.807) is 0 Å². The van der Waals surface area contributed by atoms with Crippen LogP contribution in [0.4, 0.5) is 5.82 Å². The van der Waals surface area contributed by atoms with Gasteiger partial charge in [-0.25, -0.2) is 0 Å². The molecular weight excluding hydrogens is 284 g/mol. The van der Waals surface area contributed by atoms with E-state index >= 15 is 0 Å². The molecule has 0 aliphatic carbocycles. The second-order valence-electron chi connectivity index (χ2n) is 6.45. The highest BCUT2D eigenvalue weighted by Crippen LogP contribution is 2.45. The Balaban J connectivity index is 3.62. The van der Waals surface area contributed by atoms with Crippen molar-refractivity contribution in [2.75, 3.05) is 12.4 Å². The fraction of sp³-hybridized carbons (Fsp3) is 0.625. The molecular formula is C16H29ClN2Si. The minimum Gasteiger partial charge on any atom is -0.375 e. The van der Waals surface area contributed by atoms with E-state index in [0.717, 1.165) is 11.4 Å². The Morgan fingerprint density at radius 3 is 1.90 bits per heavy atom. The van der Waals surface area contributed by atoms with Crippen LogP contribution in [0.3, 0.4) is 0 Å². The van der Waals surface area contributed by atoms with E-state index in [9.17, 15) is 0 Å². The van der Waals surface area contributed by atoms with Crippen molar-refractivity contribution >= 4 is 30.7 Å². The Labute approximate surface area is 130 Å². The van der Waals surface area contributed by atoms with E-state index in [1.165, 1.54) is 0 Å². The standard InChI is InChI=1S/C16H29ClN2Si/c1-11(2)20(12(3)4,13(5)6)19-10-9-15(14(7)17)16(19)18-8/h9-13,18H,7H2,1-6,8H3. The summed E-state index contributed by atoms with van der Waals surface area (Å²) >= 11 is 6.16. The molecule has 0 saturated heterocycles. The zero-order chi connectivity index (χ0) is 15.7. The number of rotatable bonds is 6. The first-order valence-corrected chi connectivity index (χ1v) is 10.0. The first-order chi connectivity index (χ1) is 9.21. The fourth-order valence-electron chi connectivity index (χ4n) is 4.06. The van der Waals surface area contributed by atoms with Crippen molar-refractivity contribution < 1.29 is 0 Å². The highest BCUT2D eigenvalue weighted by molar-refractivity contribution is 6.82. The molecule has 0 radical (unpaired) electrons. The lowest BCUT2D eigenvalue weighted by Crippen LogP contribution is -2.52. The number of hydrogen-bond donors (Lipinski definition) is 1. The molecule has 1 heterocycles. The van der Waals surface area contributed by atoms with Gasteiger partial charge in [0.1, 0.15) is 5.82 Å². The SMILES string of the molecule is C=C(Cl)c1ccn([Si](C(C)C)(C(C)C)C(C)C)c1NC. The molecule has 0 aromatic carbocycles. The molecule has 0 amide bonds. The van der Waals surface area contributed by atoms with E-state index < -0.39 is 8.24 Å². The Morgan fingerprint density at radius 2 is 1.60 bits per heavy atom. The van der Waals surface area contributed by atoms with Crippen LogP contribution in [0, 0.1) is 0 Å². The van der Waals surface area contributed by atoms with E-state index in [-0.39, 0.29) is 0 Å². The number of halogens is 1. The predicted octanol–water partition coefficient (Wildman–Crippen LogP) is 5.76. The maximum absolute atomic E-state index is 6.16. The molecule has 4 heteroatoms. The number of anilines is 1. The third-order valence-electron chi connectivity index (χ3n) is 4.61. The van der Waals surface area contributed by atoms with Gasteiger partial charge >= 0.3 is 0 Å². The van der Waals surface area contributed by atoms with Crippen molar-refractivity contribution in [3.63, 3.8) is 0 Å². The minimum absolute atomic E-state index is 0.604. The quantitative estimate of drug-likeness (QED) is 0.660. The summed E-state index contributed by atoms with van der Waals surface area (Å²) < 4.78 is 2.51. The lowest BCUT2D eigenvalue weighted by Gasteiger charge is -2.45. The highest BCUT2D eigenvalue weighted by atomic mass is 35.5. The molecule has 1 N–H and O–H groups in total. The van der Waals surface area contributed by atoms with Gasteiger partial charge in [0, 0.05) is 17.6 Å². The van der Waals surface area contributed by atoms with Crippen LogP contribution >= 0.6 is 11.6 Å². The van der Waals surface area contributed by atoms with Gasteiger partial charge in [0.15, 0.2) is 8.24 Å². The Hall–Kier alpha value is -0.673. The summed E-state index contributed by atoms with van der Waals surface area (Å²) in [5.74, 6) is 1.12. The average Bonchev–Trinajstić information content (AvgIpc) is 2.72. The largest absolute Gasteiger partial charge is 0.375 e. The molecule has 2 nitrogen and oxygen atoms in total. The van der Waals surface area contributed by atoms with Gasteiger partial charge in [-0.3, -0.25) is 0 Å². The molecule has 1 aromatic heterocycles. The Morgan fingerprint density at radius 1 is 1.15 bits per heavy atom. The number of aromatic nitrogens is 1. The van der Waals surface area contributed by atoms with Gasteiger partial charge in [0.2, 0.25) is 0 Å². The summed E-state index contributed by atoms with van der Waals surface area (Å²) in [6.07, 6.45) is 2.21. The van der Waals surface area contributed by atoms with Gasteiger partial charge in [-0.1, -0.05) is 59.7 Å². The van der Waals surface area contributed by atoms with Crippen molar-refractivity contribution in [1.82, 2.24) is 4.23 Å². The molecule has 0 atom stereocenters. The van der Waals surface area contributed by atoms with Gasteiger partial charge in [-0.05, 0) is 28.9 Å². The Bertz CT molecular complexity index is 453. The van der Waals surface area contributed by atoms with Crippen molar-refractivity contribution in [3.8, 4) is 0 Å². The van der Waals surface area contributed by atoms with Crippen LogP contribution in [0.2, 0.25) is 16.6 Å². The van der Waals surface area contributed by atoms with Gasteiger partial charge < -0.3 is 9.55 Å². The molecule has 1 rings (SSSR count). The summed E-state index contributed by atoms with van der Waals surface area (Å²) in [5, 5.41) is 3.95. The van der Waals surface area contributed by atoms with Crippen LogP contribution in [0.25, 0.3) is 5.03 Å². The predicted molar refractivity (Wildman–Crippen MR) is 95.3 cm³/mol. The summed E-state index contributed by atoms with van der Waals surface area (Å²) in [6, 6.07) is 2.09. The smallest absolute Gasteiger partial charge is 0.171 e. The monoisotopic (exact) mass is 312 g/mol. The molecule has 0 unspecified atom stereocenters. The van der Waals surface area contributed by atoms with Crippen molar-refractivity contribution in [3.05, 3.63) is 24.4 Å². The fourth-order valence-corrected chi connectivity index (χ4v) is 10.8. The van der Waals surface area contributed by atoms with E-state index in [2.05, 4.69) is 69.9 Å². The second-order valence-corrected chi connectivity index (χ2v) is 12.6. The first-order valence-electron chi connectivity index (χ1n) is 7.45. The van der Waals surface area contributed by atoms with Gasteiger partial charge in [-0.15, -0.1) is 0 Å². The first kappa shape index (κ1) is 17.4. The summed E-state index contributed by atoms with van der Waals surface area (Å²) in [5.41, 5.74) is 2.98. The van der Waals surface area contributed by atoms with E-state index in [0.29, 0.717) is 21.7 Å². The lowest BCUT2D eigenvalue weighted by molar-refractivity contribution is 0.767. The van der Waals surface area contributed by atoms with E-state index in [4.69, 9.17) is 11.6 Å². The third kappa shape index (κ3) is 2.58. The van der Waals surface area contributed by atoms with Crippen LogP contribution in [0.15, 0.2) is 18.8 Å². The lowest BCUT2D eigenvalue weighted by atomic mass is 10.3. The third-order valence-corrected chi connectivity index (χ3v) is 11.6. The average molecular weight is 313 g/mol. The van der Waals surface area contributed by atoms with Crippen LogP contribution in [0.5, 0.6) is 0 Å². The maximum Gasteiger partial charge on any atom is 0.171 e. The zero-order valence-electron chi connectivity index (χ0n) is 13.9.